The molecule has 0 saturated carbocycles. The number of carbonyl (C=O) groups excluding carboxylic acids is 2. The number of amides is 1. The molecule has 0 bridgehead atoms. The fraction of sp³-hybridized carbons (Fsp3) is 0.120. The number of rotatable bonds is 5. The van der Waals surface area contributed by atoms with Gasteiger partial charge in [-0.1, -0.05) is 54.6 Å². The molecule has 1 N–H and O–H groups in total. The molecule has 3 aromatic carbocycles. The second-order valence-corrected chi connectivity index (χ2v) is 8.12. The fourth-order valence-corrected chi connectivity index (χ4v) is 3.97. The Morgan fingerprint density at radius 3 is 2.35 bits per heavy atom. The van der Waals surface area contributed by atoms with E-state index in [9.17, 15) is 9.59 Å². The van der Waals surface area contributed by atoms with Gasteiger partial charge in [-0.3, -0.25) is 14.6 Å². The summed E-state index contributed by atoms with van der Waals surface area (Å²) in [5.41, 5.74) is 4.76. The molecule has 31 heavy (non-hydrogen) atoms. The number of Topliss-reactive ketones (excluding diaryl/α,β-unsaturated/α-hetero) is 1. The summed E-state index contributed by atoms with van der Waals surface area (Å²) >= 11 is 1.40. The van der Waals surface area contributed by atoms with Crippen molar-refractivity contribution in [1.29, 1.82) is 0 Å². The third-order valence-electron chi connectivity index (χ3n) is 4.73. The molecule has 1 aliphatic heterocycles. The van der Waals surface area contributed by atoms with Crippen molar-refractivity contribution < 1.29 is 9.59 Å². The number of ketones is 1. The molecular formula is C25H21N3O2S. The van der Waals surface area contributed by atoms with E-state index in [-0.39, 0.29) is 17.4 Å². The Morgan fingerprint density at radius 1 is 0.903 bits per heavy atom. The molecular weight excluding hydrogens is 406 g/mol. The van der Waals surface area contributed by atoms with Crippen molar-refractivity contribution in [3.8, 4) is 0 Å². The molecule has 154 valence electrons. The summed E-state index contributed by atoms with van der Waals surface area (Å²) in [6.45, 7) is 1.50. The lowest BCUT2D eigenvalue weighted by Crippen LogP contribution is -2.16. The number of nitrogens with zero attached hydrogens (tertiary/aromatic N) is 2. The molecule has 0 unspecified atom stereocenters. The predicted octanol–water partition coefficient (Wildman–Crippen LogP) is 5.82. The fourth-order valence-electron chi connectivity index (χ4n) is 3.20. The Hall–Kier alpha value is -3.51. The minimum atomic E-state index is -0.149. The molecule has 1 aliphatic rings. The zero-order valence-corrected chi connectivity index (χ0v) is 17.9. The third kappa shape index (κ3) is 5.35. The summed E-state index contributed by atoms with van der Waals surface area (Å²) in [5.74, 6) is 0.0294. The van der Waals surface area contributed by atoms with Crippen LogP contribution < -0.4 is 5.32 Å². The highest BCUT2D eigenvalue weighted by molar-refractivity contribution is 8.14. The summed E-state index contributed by atoms with van der Waals surface area (Å²) in [7, 11) is 0. The van der Waals surface area contributed by atoms with Crippen LogP contribution in [0.25, 0.3) is 0 Å². The number of benzene rings is 3. The molecule has 3 aromatic rings. The first kappa shape index (κ1) is 20.8. The monoisotopic (exact) mass is 427 g/mol. The molecule has 0 spiro atoms. The number of fused-ring (bicyclic) bond motifs is 1. The highest BCUT2D eigenvalue weighted by Crippen LogP contribution is 2.33. The number of para-hydroxylation sites is 2. The minimum absolute atomic E-state index is 0.0373. The van der Waals surface area contributed by atoms with Gasteiger partial charge in [0.1, 0.15) is 0 Å². The zero-order valence-electron chi connectivity index (χ0n) is 17.0. The van der Waals surface area contributed by atoms with E-state index in [1.165, 1.54) is 18.7 Å². The van der Waals surface area contributed by atoms with Gasteiger partial charge in [-0.25, -0.2) is 4.99 Å². The van der Waals surface area contributed by atoms with Crippen LogP contribution in [0.2, 0.25) is 0 Å². The number of thioether (sulfide) groups is 1. The Morgan fingerprint density at radius 2 is 1.61 bits per heavy atom. The van der Waals surface area contributed by atoms with E-state index in [1.54, 1.807) is 24.3 Å². The molecule has 1 heterocycles. The van der Waals surface area contributed by atoms with Crippen LogP contribution in [0.3, 0.4) is 0 Å². The maximum absolute atomic E-state index is 12.5. The Bertz CT molecular complexity index is 1190. The number of anilines is 1. The van der Waals surface area contributed by atoms with Gasteiger partial charge in [0.25, 0.3) is 0 Å². The van der Waals surface area contributed by atoms with Crippen LogP contribution in [0.15, 0.2) is 88.8 Å². The van der Waals surface area contributed by atoms with Crippen molar-refractivity contribution in [2.45, 2.75) is 13.3 Å². The van der Waals surface area contributed by atoms with Crippen molar-refractivity contribution >= 4 is 51.3 Å². The van der Waals surface area contributed by atoms with Gasteiger partial charge in [0, 0.05) is 17.7 Å². The van der Waals surface area contributed by atoms with Crippen molar-refractivity contribution in [3.63, 3.8) is 0 Å². The van der Waals surface area contributed by atoms with Crippen LogP contribution in [0.5, 0.6) is 0 Å². The van der Waals surface area contributed by atoms with E-state index >= 15 is 0 Å². The van der Waals surface area contributed by atoms with Gasteiger partial charge in [-0.05, 0) is 36.8 Å². The first-order valence-corrected chi connectivity index (χ1v) is 10.9. The van der Waals surface area contributed by atoms with Crippen molar-refractivity contribution in [1.82, 2.24) is 0 Å². The van der Waals surface area contributed by atoms with Crippen LogP contribution in [-0.2, 0) is 4.79 Å². The minimum Gasteiger partial charge on any atom is -0.325 e. The summed E-state index contributed by atoms with van der Waals surface area (Å²) in [5, 5.41) is 3.69. The van der Waals surface area contributed by atoms with E-state index in [4.69, 9.17) is 9.98 Å². The standard InChI is InChI=1S/C25H21N3O2S/c1-17(29)19-10-7-11-20(14-19)26-24(30)16-31-25-15-23(18-8-3-2-4-9-18)27-21-12-5-6-13-22(21)28-25/h2-14H,15-16H2,1H3,(H,26,30). The van der Waals surface area contributed by atoms with Crippen molar-refractivity contribution in [3.05, 3.63) is 90.0 Å². The second kappa shape index (κ2) is 9.53. The Balaban J connectivity index is 1.49. The summed E-state index contributed by atoms with van der Waals surface area (Å²) in [4.78, 5) is 33.7. The Labute approximate surface area is 185 Å². The number of aliphatic imine (C=N–C) groups is 2. The molecule has 0 aromatic heterocycles. The summed E-state index contributed by atoms with van der Waals surface area (Å²) < 4.78 is 0. The van der Waals surface area contributed by atoms with Crippen LogP contribution in [0.4, 0.5) is 17.1 Å². The topological polar surface area (TPSA) is 70.9 Å². The van der Waals surface area contributed by atoms with Crippen molar-refractivity contribution in [2.24, 2.45) is 9.98 Å². The van der Waals surface area contributed by atoms with Gasteiger partial charge >= 0.3 is 0 Å². The largest absolute Gasteiger partial charge is 0.325 e. The lowest BCUT2D eigenvalue weighted by Gasteiger charge is -2.09. The normalized spacial score (nSPS) is 12.8. The van der Waals surface area contributed by atoms with E-state index in [0.717, 1.165) is 27.7 Å². The lowest BCUT2D eigenvalue weighted by molar-refractivity contribution is -0.113. The average molecular weight is 428 g/mol. The molecule has 5 nitrogen and oxygen atoms in total. The highest BCUT2D eigenvalue weighted by atomic mass is 32.2. The van der Waals surface area contributed by atoms with Crippen LogP contribution in [0.1, 0.15) is 29.3 Å². The lowest BCUT2D eigenvalue weighted by atomic mass is 10.1. The van der Waals surface area contributed by atoms with E-state index < -0.39 is 0 Å². The number of hydrogen-bond donors (Lipinski definition) is 1. The molecule has 6 heteroatoms. The first-order chi connectivity index (χ1) is 15.1. The van der Waals surface area contributed by atoms with Gasteiger partial charge in [-0.2, -0.15) is 0 Å². The van der Waals surface area contributed by atoms with Gasteiger partial charge in [0.15, 0.2) is 5.78 Å². The summed E-state index contributed by atoms with van der Waals surface area (Å²) in [6, 6.07) is 24.7. The predicted molar refractivity (Wildman–Crippen MR) is 128 cm³/mol. The van der Waals surface area contributed by atoms with Crippen LogP contribution >= 0.6 is 11.8 Å². The quantitative estimate of drug-likeness (QED) is 0.522. The third-order valence-corrected chi connectivity index (χ3v) is 5.71. The SMILES string of the molecule is CC(=O)c1cccc(NC(=O)CSC2=Nc3ccccc3N=C(c3ccccc3)C2)c1. The second-order valence-electron chi connectivity index (χ2n) is 7.07. The number of hydrogen-bond acceptors (Lipinski definition) is 5. The molecule has 0 aliphatic carbocycles. The molecule has 1 amide bonds. The highest BCUT2D eigenvalue weighted by Gasteiger charge is 2.16. The van der Waals surface area contributed by atoms with E-state index in [1.807, 2.05) is 54.6 Å². The van der Waals surface area contributed by atoms with E-state index in [0.29, 0.717) is 17.7 Å². The molecule has 4 rings (SSSR count). The van der Waals surface area contributed by atoms with Crippen LogP contribution in [0, 0.1) is 0 Å². The van der Waals surface area contributed by atoms with Gasteiger partial charge in [0.05, 0.1) is 27.9 Å². The number of carbonyl (C=O) groups is 2. The van der Waals surface area contributed by atoms with Gasteiger partial charge in [0.2, 0.25) is 5.91 Å². The molecule has 0 saturated heterocycles. The maximum Gasteiger partial charge on any atom is 0.234 e. The van der Waals surface area contributed by atoms with Gasteiger partial charge < -0.3 is 5.32 Å². The molecule has 0 radical (unpaired) electrons. The zero-order chi connectivity index (χ0) is 21.6. The summed E-state index contributed by atoms with van der Waals surface area (Å²) in [6.07, 6.45) is 0.552. The smallest absolute Gasteiger partial charge is 0.234 e. The average Bonchev–Trinajstić information content (AvgIpc) is 2.98. The van der Waals surface area contributed by atoms with Crippen molar-refractivity contribution in [2.75, 3.05) is 11.1 Å². The Kier molecular flexibility index (Phi) is 6.38. The molecule has 0 fully saturated rings. The van der Waals surface area contributed by atoms with Crippen LogP contribution in [-0.4, -0.2) is 28.2 Å². The van der Waals surface area contributed by atoms with Gasteiger partial charge in [-0.15, -0.1) is 11.8 Å². The first-order valence-electron chi connectivity index (χ1n) is 9.92. The number of nitrogens with one attached hydrogen (secondary N) is 1. The molecule has 0 atom stereocenters. The van der Waals surface area contributed by atoms with E-state index in [2.05, 4.69) is 5.32 Å². The maximum atomic E-state index is 12.5.